The van der Waals surface area contributed by atoms with Gasteiger partial charge in [0.25, 0.3) is 0 Å². The van der Waals surface area contributed by atoms with E-state index in [-0.39, 0.29) is 17.1 Å². The number of carbonyl (C=O) groups is 2. The SMILES string of the molecule is Cc1nn(C)c(C)c1NC(=O)C(C)SCCC(=O)OC(C)(C)C. The molecule has 1 aromatic heterocycles. The molecule has 0 saturated carbocycles. The van der Waals surface area contributed by atoms with Crippen molar-refractivity contribution in [3.63, 3.8) is 0 Å². The van der Waals surface area contributed by atoms with Crippen molar-refractivity contribution in [3.05, 3.63) is 11.4 Å². The zero-order chi connectivity index (χ0) is 17.8. The highest BCUT2D eigenvalue weighted by Gasteiger charge is 2.20. The Hall–Kier alpha value is -1.50. The van der Waals surface area contributed by atoms with Gasteiger partial charge in [-0.15, -0.1) is 11.8 Å². The second kappa shape index (κ2) is 7.86. The summed E-state index contributed by atoms with van der Waals surface area (Å²) in [4.78, 5) is 23.9. The first-order valence-corrected chi connectivity index (χ1v) is 8.70. The highest BCUT2D eigenvalue weighted by molar-refractivity contribution is 8.00. The molecule has 130 valence electrons. The molecule has 1 unspecified atom stereocenters. The van der Waals surface area contributed by atoms with E-state index in [4.69, 9.17) is 4.74 Å². The number of thioether (sulfide) groups is 1. The Kier molecular flexibility index (Phi) is 6.68. The zero-order valence-electron chi connectivity index (χ0n) is 15.0. The van der Waals surface area contributed by atoms with E-state index < -0.39 is 5.60 Å². The van der Waals surface area contributed by atoms with Crippen LogP contribution in [0.1, 0.15) is 45.5 Å². The predicted octanol–water partition coefficient (Wildman–Crippen LogP) is 2.83. The third-order valence-electron chi connectivity index (χ3n) is 3.22. The minimum absolute atomic E-state index is 0.0848. The summed E-state index contributed by atoms with van der Waals surface area (Å²) >= 11 is 1.44. The molecule has 1 atom stereocenters. The molecule has 1 N–H and O–H groups in total. The van der Waals surface area contributed by atoms with Crippen molar-refractivity contribution in [1.29, 1.82) is 0 Å². The Morgan fingerprint density at radius 3 is 2.43 bits per heavy atom. The van der Waals surface area contributed by atoms with E-state index in [1.807, 2.05) is 48.6 Å². The van der Waals surface area contributed by atoms with Crippen LogP contribution in [0.15, 0.2) is 0 Å². The number of aryl methyl sites for hydroxylation is 2. The van der Waals surface area contributed by atoms with E-state index >= 15 is 0 Å². The topological polar surface area (TPSA) is 73.2 Å². The number of esters is 1. The van der Waals surface area contributed by atoms with Crippen molar-refractivity contribution in [2.45, 2.75) is 58.8 Å². The van der Waals surface area contributed by atoms with Crippen molar-refractivity contribution < 1.29 is 14.3 Å². The molecule has 0 aliphatic carbocycles. The molecule has 1 heterocycles. The largest absolute Gasteiger partial charge is 0.460 e. The van der Waals surface area contributed by atoms with Crippen LogP contribution in [0.25, 0.3) is 0 Å². The van der Waals surface area contributed by atoms with E-state index in [1.54, 1.807) is 4.68 Å². The summed E-state index contributed by atoms with van der Waals surface area (Å²) in [5.74, 6) is 0.226. The van der Waals surface area contributed by atoms with E-state index in [1.165, 1.54) is 11.8 Å². The summed E-state index contributed by atoms with van der Waals surface area (Å²) in [7, 11) is 1.84. The van der Waals surface area contributed by atoms with Crippen LogP contribution in [0.4, 0.5) is 5.69 Å². The van der Waals surface area contributed by atoms with E-state index in [9.17, 15) is 9.59 Å². The number of hydrogen-bond donors (Lipinski definition) is 1. The maximum absolute atomic E-state index is 12.2. The zero-order valence-corrected chi connectivity index (χ0v) is 15.8. The Morgan fingerprint density at radius 1 is 1.35 bits per heavy atom. The summed E-state index contributed by atoms with van der Waals surface area (Å²) in [5.41, 5.74) is 2.00. The molecule has 0 radical (unpaired) electrons. The van der Waals surface area contributed by atoms with Gasteiger partial charge in [-0.3, -0.25) is 14.3 Å². The van der Waals surface area contributed by atoms with Crippen molar-refractivity contribution in [3.8, 4) is 0 Å². The van der Waals surface area contributed by atoms with Crippen molar-refractivity contribution in [1.82, 2.24) is 9.78 Å². The summed E-state index contributed by atoms with van der Waals surface area (Å²) in [5, 5.41) is 6.94. The van der Waals surface area contributed by atoms with Crippen LogP contribution in [0.2, 0.25) is 0 Å². The molecule has 0 bridgehead atoms. The summed E-state index contributed by atoms with van der Waals surface area (Å²) in [6, 6.07) is 0. The summed E-state index contributed by atoms with van der Waals surface area (Å²) in [6.07, 6.45) is 0.296. The Balaban J connectivity index is 2.44. The Labute approximate surface area is 142 Å². The smallest absolute Gasteiger partial charge is 0.307 e. The lowest BCUT2D eigenvalue weighted by Gasteiger charge is -2.19. The van der Waals surface area contributed by atoms with Crippen molar-refractivity contribution >= 4 is 29.3 Å². The highest BCUT2D eigenvalue weighted by Crippen LogP contribution is 2.21. The number of hydrogen-bond acceptors (Lipinski definition) is 5. The van der Waals surface area contributed by atoms with Crippen LogP contribution in [0.3, 0.4) is 0 Å². The summed E-state index contributed by atoms with van der Waals surface area (Å²) < 4.78 is 6.99. The average molecular weight is 341 g/mol. The minimum Gasteiger partial charge on any atom is -0.460 e. The van der Waals surface area contributed by atoms with Gasteiger partial charge in [-0.2, -0.15) is 5.10 Å². The Bertz CT molecular complexity index is 576. The van der Waals surface area contributed by atoms with E-state index in [2.05, 4.69) is 10.4 Å². The van der Waals surface area contributed by atoms with Gasteiger partial charge in [-0.05, 0) is 41.5 Å². The molecule has 1 rings (SSSR count). The molecule has 0 aliphatic heterocycles. The van der Waals surface area contributed by atoms with Crippen LogP contribution in [0.5, 0.6) is 0 Å². The van der Waals surface area contributed by atoms with Crippen LogP contribution < -0.4 is 5.32 Å². The molecular weight excluding hydrogens is 314 g/mol. The number of nitrogens with one attached hydrogen (secondary N) is 1. The first-order valence-electron chi connectivity index (χ1n) is 7.65. The Morgan fingerprint density at radius 2 is 1.96 bits per heavy atom. The third-order valence-corrected chi connectivity index (χ3v) is 4.37. The predicted molar refractivity (Wildman–Crippen MR) is 93.7 cm³/mol. The minimum atomic E-state index is -0.472. The van der Waals surface area contributed by atoms with Gasteiger partial charge in [-0.25, -0.2) is 0 Å². The standard InChI is InChI=1S/C16H27N3O3S/c1-10-14(11(2)19(7)18-10)17-15(21)12(3)23-9-8-13(20)22-16(4,5)6/h12H,8-9H2,1-7H3,(H,17,21). The van der Waals surface area contributed by atoms with Gasteiger partial charge >= 0.3 is 5.97 Å². The quantitative estimate of drug-likeness (QED) is 0.806. The fourth-order valence-electron chi connectivity index (χ4n) is 1.97. The maximum atomic E-state index is 12.2. The molecule has 23 heavy (non-hydrogen) atoms. The number of carbonyl (C=O) groups excluding carboxylic acids is 2. The van der Waals surface area contributed by atoms with Gasteiger partial charge in [0.1, 0.15) is 5.60 Å². The average Bonchev–Trinajstić information content (AvgIpc) is 2.63. The molecule has 6 nitrogen and oxygen atoms in total. The third kappa shape index (κ3) is 6.25. The molecule has 0 fully saturated rings. The fourth-order valence-corrected chi connectivity index (χ4v) is 2.81. The van der Waals surface area contributed by atoms with Gasteiger partial charge in [-0.1, -0.05) is 0 Å². The van der Waals surface area contributed by atoms with Crippen LogP contribution in [-0.4, -0.2) is 38.3 Å². The van der Waals surface area contributed by atoms with Crippen LogP contribution >= 0.6 is 11.8 Å². The molecule has 1 amide bonds. The maximum Gasteiger partial charge on any atom is 0.307 e. The van der Waals surface area contributed by atoms with Crippen molar-refractivity contribution in [2.75, 3.05) is 11.1 Å². The van der Waals surface area contributed by atoms with Gasteiger partial charge in [0, 0.05) is 12.8 Å². The van der Waals surface area contributed by atoms with Gasteiger partial charge in [0.15, 0.2) is 0 Å². The molecule has 0 spiro atoms. The monoisotopic (exact) mass is 341 g/mol. The number of aromatic nitrogens is 2. The number of anilines is 1. The molecule has 0 aromatic carbocycles. The molecule has 0 aliphatic rings. The second-order valence-corrected chi connectivity index (χ2v) is 7.96. The molecule has 7 heteroatoms. The lowest BCUT2D eigenvalue weighted by Crippen LogP contribution is -2.25. The lowest BCUT2D eigenvalue weighted by molar-refractivity contribution is -0.154. The number of ether oxygens (including phenoxy) is 1. The molecular formula is C16H27N3O3S. The van der Waals surface area contributed by atoms with Gasteiger partial charge in [0.2, 0.25) is 5.91 Å². The fraction of sp³-hybridized carbons (Fsp3) is 0.688. The van der Waals surface area contributed by atoms with Gasteiger partial charge in [0.05, 0.1) is 28.7 Å². The first-order chi connectivity index (χ1) is 10.5. The highest BCUT2D eigenvalue weighted by atomic mass is 32.2. The van der Waals surface area contributed by atoms with E-state index in [0.29, 0.717) is 12.2 Å². The normalized spacial score (nSPS) is 12.8. The van der Waals surface area contributed by atoms with E-state index in [0.717, 1.165) is 17.1 Å². The number of nitrogens with zero attached hydrogens (tertiary/aromatic N) is 2. The van der Waals surface area contributed by atoms with Crippen LogP contribution in [0, 0.1) is 13.8 Å². The number of rotatable bonds is 6. The summed E-state index contributed by atoms with van der Waals surface area (Å²) in [6.45, 7) is 11.1. The lowest BCUT2D eigenvalue weighted by atomic mass is 10.2. The number of amides is 1. The second-order valence-electron chi connectivity index (χ2n) is 6.51. The van der Waals surface area contributed by atoms with Crippen LogP contribution in [-0.2, 0) is 21.4 Å². The van der Waals surface area contributed by atoms with Gasteiger partial charge < -0.3 is 10.1 Å². The van der Waals surface area contributed by atoms with Crippen molar-refractivity contribution in [2.24, 2.45) is 7.05 Å². The first kappa shape index (κ1) is 19.5. The molecule has 1 aromatic rings. The molecule has 0 saturated heterocycles.